The van der Waals surface area contributed by atoms with Crippen LogP contribution in [0.1, 0.15) is 50.2 Å². The number of piperidine rings is 1. The van der Waals surface area contributed by atoms with Crippen LogP contribution in [-0.4, -0.2) is 35.2 Å². The zero-order chi connectivity index (χ0) is 22.0. The molecule has 3 aromatic rings. The van der Waals surface area contributed by atoms with Crippen molar-refractivity contribution in [3.63, 3.8) is 0 Å². The first-order valence-electron chi connectivity index (χ1n) is 9.83. The Hall–Kier alpha value is -3.00. The smallest absolute Gasteiger partial charge is 0.339 e. The number of thiazole rings is 1. The fraction of sp³-hybridized carbons (Fsp3) is 0.261. The third kappa shape index (κ3) is 4.54. The number of carbonyl (C=O) groups is 2. The van der Waals surface area contributed by atoms with Crippen molar-refractivity contribution in [3.8, 4) is 11.1 Å². The first-order valence-corrected chi connectivity index (χ1v) is 10.7. The van der Waals surface area contributed by atoms with Gasteiger partial charge in [0.2, 0.25) is 0 Å². The second kappa shape index (κ2) is 8.63. The molecule has 4 rings (SSSR count). The highest BCUT2D eigenvalue weighted by Gasteiger charge is 2.30. The van der Waals surface area contributed by atoms with Crippen molar-refractivity contribution < 1.29 is 22.8 Å². The quantitative estimate of drug-likeness (QED) is 0.488. The summed E-state index contributed by atoms with van der Waals surface area (Å²) in [4.78, 5) is 30.2. The van der Waals surface area contributed by atoms with Gasteiger partial charge in [-0.1, -0.05) is 30.3 Å². The number of rotatable bonds is 4. The van der Waals surface area contributed by atoms with Crippen molar-refractivity contribution in [2.24, 2.45) is 0 Å². The predicted octanol–water partition coefficient (Wildman–Crippen LogP) is 5.66. The van der Waals surface area contributed by atoms with Gasteiger partial charge in [-0.2, -0.15) is 13.2 Å². The van der Waals surface area contributed by atoms with Crippen LogP contribution < -0.4 is 0 Å². The lowest BCUT2D eigenvalue weighted by molar-refractivity contribution is -0.137. The Bertz CT molecular complexity index is 1080. The molecule has 2 aromatic carbocycles. The summed E-state index contributed by atoms with van der Waals surface area (Å²) >= 11 is 1.46. The molecule has 1 fully saturated rings. The average Bonchev–Trinajstić information content (AvgIpc) is 3.28. The molecule has 0 spiro atoms. The van der Waals surface area contributed by atoms with Gasteiger partial charge in [-0.15, -0.1) is 11.3 Å². The monoisotopic (exact) mass is 444 g/mol. The van der Waals surface area contributed by atoms with E-state index in [1.807, 2.05) is 0 Å². The first kappa shape index (κ1) is 21.2. The number of aromatic nitrogens is 1. The highest BCUT2D eigenvalue weighted by atomic mass is 32.1. The Kier molecular flexibility index (Phi) is 5.91. The lowest BCUT2D eigenvalue weighted by atomic mass is 9.94. The molecule has 1 aromatic heterocycles. The van der Waals surface area contributed by atoms with Gasteiger partial charge in [0.05, 0.1) is 10.6 Å². The normalized spacial score (nSPS) is 15.1. The maximum atomic E-state index is 13.2. The summed E-state index contributed by atoms with van der Waals surface area (Å²) in [5, 5.41) is 2.65. The average molecular weight is 444 g/mol. The van der Waals surface area contributed by atoms with E-state index in [0.29, 0.717) is 35.5 Å². The van der Waals surface area contributed by atoms with Crippen LogP contribution >= 0.6 is 11.3 Å². The number of hydrogen-bond donors (Lipinski definition) is 0. The molecule has 0 saturated carbocycles. The molecule has 1 amide bonds. The Labute approximate surface area is 181 Å². The van der Waals surface area contributed by atoms with Crippen LogP contribution in [0.2, 0.25) is 0 Å². The molecule has 31 heavy (non-hydrogen) atoms. The van der Waals surface area contributed by atoms with Crippen LogP contribution in [0, 0.1) is 0 Å². The van der Waals surface area contributed by atoms with E-state index in [1.54, 1.807) is 34.5 Å². The minimum Gasteiger partial charge on any atom is -0.339 e. The SMILES string of the molecule is O=Cc1csc(C2CCN(C(=O)c3ccccc3-c3ccc(C(F)(F)F)cc3)CC2)n1. The molecule has 0 bridgehead atoms. The molecule has 2 heterocycles. The Morgan fingerprint density at radius 3 is 2.35 bits per heavy atom. The third-order valence-corrected chi connectivity index (χ3v) is 6.50. The molecule has 1 aliphatic rings. The molecule has 0 atom stereocenters. The molecule has 8 heteroatoms. The molecule has 0 N–H and O–H groups in total. The molecule has 1 aliphatic heterocycles. The maximum absolute atomic E-state index is 13.2. The van der Waals surface area contributed by atoms with Gasteiger partial charge in [-0.05, 0) is 42.2 Å². The minimum absolute atomic E-state index is 0.137. The number of benzene rings is 2. The third-order valence-electron chi connectivity index (χ3n) is 5.47. The molecule has 0 unspecified atom stereocenters. The molecule has 4 nitrogen and oxygen atoms in total. The van der Waals surface area contributed by atoms with Gasteiger partial charge in [0.25, 0.3) is 5.91 Å². The second-order valence-electron chi connectivity index (χ2n) is 7.42. The first-order chi connectivity index (χ1) is 14.9. The van der Waals surface area contributed by atoms with Gasteiger partial charge in [-0.3, -0.25) is 9.59 Å². The van der Waals surface area contributed by atoms with Gasteiger partial charge >= 0.3 is 6.18 Å². The molecular weight excluding hydrogens is 425 g/mol. The number of alkyl halides is 3. The number of halogens is 3. The van der Waals surface area contributed by atoms with E-state index >= 15 is 0 Å². The van der Waals surface area contributed by atoms with Crippen molar-refractivity contribution in [2.75, 3.05) is 13.1 Å². The lowest BCUT2D eigenvalue weighted by Gasteiger charge is -2.31. The summed E-state index contributed by atoms with van der Waals surface area (Å²) < 4.78 is 38.6. The second-order valence-corrected chi connectivity index (χ2v) is 8.31. The molecule has 160 valence electrons. The van der Waals surface area contributed by atoms with E-state index in [2.05, 4.69) is 4.98 Å². The summed E-state index contributed by atoms with van der Waals surface area (Å²) in [5.41, 5.74) is 1.36. The number of aldehydes is 1. The Morgan fingerprint density at radius 1 is 1.06 bits per heavy atom. The fourth-order valence-corrected chi connectivity index (χ4v) is 4.74. The van der Waals surface area contributed by atoms with Crippen molar-refractivity contribution in [3.05, 3.63) is 75.7 Å². The van der Waals surface area contributed by atoms with Crippen molar-refractivity contribution in [2.45, 2.75) is 24.9 Å². The largest absolute Gasteiger partial charge is 0.416 e. The summed E-state index contributed by atoms with van der Waals surface area (Å²) in [6, 6.07) is 11.8. The highest BCUT2D eigenvalue weighted by molar-refractivity contribution is 7.09. The number of amides is 1. The van der Waals surface area contributed by atoms with E-state index in [9.17, 15) is 22.8 Å². The van der Waals surface area contributed by atoms with Gasteiger partial charge in [0.1, 0.15) is 5.69 Å². The van der Waals surface area contributed by atoms with E-state index in [-0.39, 0.29) is 11.8 Å². The summed E-state index contributed by atoms with van der Waals surface area (Å²) in [5.74, 6) is 0.0783. The zero-order valence-corrected chi connectivity index (χ0v) is 17.2. The van der Waals surface area contributed by atoms with Gasteiger partial charge < -0.3 is 4.90 Å². The summed E-state index contributed by atoms with van der Waals surface area (Å²) in [7, 11) is 0. The van der Waals surface area contributed by atoms with Crippen LogP contribution in [0.15, 0.2) is 53.9 Å². The van der Waals surface area contributed by atoms with Crippen LogP contribution in [-0.2, 0) is 6.18 Å². The van der Waals surface area contributed by atoms with Crippen LogP contribution in [0.5, 0.6) is 0 Å². The number of hydrogen-bond acceptors (Lipinski definition) is 4. The van der Waals surface area contributed by atoms with Gasteiger partial charge in [0.15, 0.2) is 6.29 Å². The van der Waals surface area contributed by atoms with E-state index in [1.165, 1.54) is 23.5 Å². The molecule has 0 radical (unpaired) electrons. The number of nitrogens with zero attached hydrogens (tertiary/aromatic N) is 2. The lowest BCUT2D eigenvalue weighted by Crippen LogP contribution is -2.38. The minimum atomic E-state index is -4.40. The van der Waals surface area contributed by atoms with E-state index in [4.69, 9.17) is 0 Å². The topological polar surface area (TPSA) is 50.3 Å². The highest BCUT2D eigenvalue weighted by Crippen LogP contribution is 2.34. The van der Waals surface area contributed by atoms with Crippen molar-refractivity contribution >= 4 is 23.5 Å². The number of likely N-dealkylation sites (tertiary alicyclic amines) is 1. The van der Waals surface area contributed by atoms with Crippen molar-refractivity contribution in [1.82, 2.24) is 9.88 Å². The predicted molar refractivity (Wildman–Crippen MR) is 112 cm³/mol. The van der Waals surface area contributed by atoms with Gasteiger partial charge in [0, 0.05) is 30.0 Å². The zero-order valence-electron chi connectivity index (χ0n) is 16.4. The Morgan fingerprint density at radius 2 is 1.74 bits per heavy atom. The van der Waals surface area contributed by atoms with E-state index < -0.39 is 11.7 Å². The van der Waals surface area contributed by atoms with Crippen LogP contribution in [0.3, 0.4) is 0 Å². The summed E-state index contributed by atoms with van der Waals surface area (Å²) in [6.07, 6.45) is -2.17. The van der Waals surface area contributed by atoms with E-state index in [0.717, 1.165) is 36.3 Å². The maximum Gasteiger partial charge on any atom is 0.416 e. The number of carbonyl (C=O) groups excluding carboxylic acids is 2. The van der Waals surface area contributed by atoms with Gasteiger partial charge in [-0.25, -0.2) is 4.98 Å². The molecule has 0 aliphatic carbocycles. The standard InChI is InChI=1S/C23H19F3N2O2S/c24-23(25,26)17-7-5-15(6-8-17)19-3-1-2-4-20(19)22(30)28-11-9-16(10-12-28)21-27-18(13-29)14-31-21/h1-8,13-14,16H,9-12H2. The molecular formula is C23H19F3N2O2S. The Balaban J connectivity index is 1.50. The summed E-state index contributed by atoms with van der Waals surface area (Å²) in [6.45, 7) is 1.11. The van der Waals surface area contributed by atoms with Crippen LogP contribution in [0.25, 0.3) is 11.1 Å². The van der Waals surface area contributed by atoms with Crippen LogP contribution in [0.4, 0.5) is 13.2 Å². The van der Waals surface area contributed by atoms with Crippen molar-refractivity contribution in [1.29, 1.82) is 0 Å². The molecule has 1 saturated heterocycles. The fourth-order valence-electron chi connectivity index (χ4n) is 3.80.